The molecular formula is C18H31NO. The first kappa shape index (κ1) is 17.0. The van der Waals surface area contributed by atoms with Crippen LogP contribution in [0.15, 0.2) is 24.3 Å². The van der Waals surface area contributed by atoms with E-state index in [0.29, 0.717) is 5.92 Å². The second-order valence-corrected chi connectivity index (χ2v) is 6.92. The zero-order valence-electron chi connectivity index (χ0n) is 14.0. The normalized spacial score (nSPS) is 12.2. The van der Waals surface area contributed by atoms with E-state index in [0.717, 1.165) is 25.3 Å². The monoisotopic (exact) mass is 277 g/mol. The first-order chi connectivity index (χ1) is 9.31. The Morgan fingerprint density at radius 1 is 1.05 bits per heavy atom. The summed E-state index contributed by atoms with van der Waals surface area (Å²) in [5, 5.41) is 3.52. The van der Waals surface area contributed by atoms with E-state index < -0.39 is 0 Å². The summed E-state index contributed by atoms with van der Waals surface area (Å²) in [6.07, 6.45) is 1.37. The van der Waals surface area contributed by atoms with Gasteiger partial charge in [0.15, 0.2) is 0 Å². The standard InChI is InChI=1S/C18H31NO/c1-14(2)13-19-12-11-18(5,6)16-7-9-17(10-8-16)20-15(3)4/h7-10,14-15,19H,11-13H2,1-6H3. The van der Waals surface area contributed by atoms with E-state index >= 15 is 0 Å². The van der Waals surface area contributed by atoms with Crippen LogP contribution in [0.4, 0.5) is 0 Å². The lowest BCUT2D eigenvalue weighted by molar-refractivity contribution is 0.242. The van der Waals surface area contributed by atoms with E-state index in [4.69, 9.17) is 4.74 Å². The van der Waals surface area contributed by atoms with Crippen molar-refractivity contribution in [2.24, 2.45) is 5.92 Å². The molecule has 0 fully saturated rings. The molecule has 1 aromatic carbocycles. The second-order valence-electron chi connectivity index (χ2n) is 6.92. The average molecular weight is 277 g/mol. The fourth-order valence-electron chi connectivity index (χ4n) is 2.19. The summed E-state index contributed by atoms with van der Waals surface area (Å²) < 4.78 is 5.69. The van der Waals surface area contributed by atoms with Gasteiger partial charge in [0, 0.05) is 0 Å². The molecule has 0 spiro atoms. The van der Waals surface area contributed by atoms with Gasteiger partial charge in [-0.25, -0.2) is 0 Å². The highest BCUT2D eigenvalue weighted by Gasteiger charge is 2.20. The van der Waals surface area contributed by atoms with Crippen LogP contribution in [0.2, 0.25) is 0 Å². The molecule has 0 unspecified atom stereocenters. The van der Waals surface area contributed by atoms with Crippen LogP contribution in [-0.4, -0.2) is 19.2 Å². The largest absolute Gasteiger partial charge is 0.491 e. The van der Waals surface area contributed by atoms with Gasteiger partial charge in [0.05, 0.1) is 6.10 Å². The lowest BCUT2D eigenvalue weighted by Crippen LogP contribution is -2.27. The van der Waals surface area contributed by atoms with Crippen LogP contribution in [0.1, 0.15) is 53.5 Å². The Hall–Kier alpha value is -1.02. The molecular weight excluding hydrogens is 246 g/mol. The van der Waals surface area contributed by atoms with Crippen LogP contribution in [0, 0.1) is 5.92 Å². The molecule has 1 N–H and O–H groups in total. The summed E-state index contributed by atoms with van der Waals surface area (Å²) in [5.41, 5.74) is 1.57. The minimum Gasteiger partial charge on any atom is -0.491 e. The van der Waals surface area contributed by atoms with Gasteiger partial charge in [-0.05, 0) is 62.4 Å². The summed E-state index contributed by atoms with van der Waals surface area (Å²) >= 11 is 0. The Morgan fingerprint density at radius 3 is 2.15 bits per heavy atom. The lowest BCUT2D eigenvalue weighted by atomic mass is 9.81. The molecule has 0 bridgehead atoms. The highest BCUT2D eigenvalue weighted by Crippen LogP contribution is 2.28. The van der Waals surface area contributed by atoms with Crippen LogP contribution in [0.3, 0.4) is 0 Å². The maximum Gasteiger partial charge on any atom is 0.119 e. The number of rotatable bonds is 8. The lowest BCUT2D eigenvalue weighted by Gasteiger charge is -2.26. The molecule has 114 valence electrons. The number of hydrogen-bond donors (Lipinski definition) is 1. The SMILES string of the molecule is CC(C)CNCCC(C)(C)c1ccc(OC(C)C)cc1. The first-order valence-corrected chi connectivity index (χ1v) is 7.79. The van der Waals surface area contributed by atoms with Crippen molar-refractivity contribution in [3.8, 4) is 5.75 Å². The maximum absolute atomic E-state index is 5.69. The molecule has 0 amide bonds. The minimum absolute atomic E-state index is 0.195. The predicted molar refractivity (Wildman–Crippen MR) is 87.6 cm³/mol. The van der Waals surface area contributed by atoms with Gasteiger partial charge in [0.2, 0.25) is 0 Å². The van der Waals surface area contributed by atoms with E-state index in [1.165, 1.54) is 5.56 Å². The Balaban J connectivity index is 2.53. The third-order valence-corrected chi connectivity index (χ3v) is 3.49. The van der Waals surface area contributed by atoms with E-state index in [2.05, 4.69) is 71.1 Å². The number of benzene rings is 1. The predicted octanol–water partition coefficient (Wildman–Crippen LogP) is 4.39. The highest BCUT2D eigenvalue weighted by atomic mass is 16.5. The minimum atomic E-state index is 0.195. The van der Waals surface area contributed by atoms with Gasteiger partial charge in [0.25, 0.3) is 0 Å². The van der Waals surface area contributed by atoms with Crippen molar-refractivity contribution in [2.45, 2.75) is 59.5 Å². The Kier molecular flexibility index (Phi) is 6.54. The number of hydrogen-bond acceptors (Lipinski definition) is 2. The fraction of sp³-hybridized carbons (Fsp3) is 0.667. The number of nitrogens with one attached hydrogen (secondary N) is 1. The number of ether oxygens (including phenoxy) is 1. The summed E-state index contributed by atoms with van der Waals surface area (Å²) in [7, 11) is 0. The smallest absolute Gasteiger partial charge is 0.119 e. The molecule has 0 heterocycles. The van der Waals surface area contributed by atoms with E-state index in [1.807, 2.05) is 0 Å². The van der Waals surface area contributed by atoms with Crippen molar-refractivity contribution in [3.63, 3.8) is 0 Å². The summed E-state index contributed by atoms with van der Waals surface area (Å²) in [6.45, 7) is 15.4. The van der Waals surface area contributed by atoms with Gasteiger partial charge in [-0.15, -0.1) is 0 Å². The van der Waals surface area contributed by atoms with Gasteiger partial charge >= 0.3 is 0 Å². The van der Waals surface area contributed by atoms with E-state index in [-0.39, 0.29) is 11.5 Å². The molecule has 0 saturated carbocycles. The quantitative estimate of drug-likeness (QED) is 0.712. The van der Waals surface area contributed by atoms with E-state index in [1.54, 1.807) is 0 Å². The third-order valence-electron chi connectivity index (χ3n) is 3.49. The van der Waals surface area contributed by atoms with Crippen LogP contribution in [0.25, 0.3) is 0 Å². The Labute approximate surface area is 124 Å². The Bertz CT molecular complexity index is 379. The van der Waals surface area contributed by atoms with Crippen molar-refractivity contribution >= 4 is 0 Å². The van der Waals surface area contributed by atoms with Crippen LogP contribution >= 0.6 is 0 Å². The molecule has 20 heavy (non-hydrogen) atoms. The molecule has 0 saturated heterocycles. The molecule has 2 nitrogen and oxygen atoms in total. The van der Waals surface area contributed by atoms with Gasteiger partial charge in [-0.3, -0.25) is 0 Å². The topological polar surface area (TPSA) is 21.3 Å². The zero-order chi connectivity index (χ0) is 15.2. The van der Waals surface area contributed by atoms with Crippen LogP contribution in [0.5, 0.6) is 5.75 Å². The molecule has 0 atom stereocenters. The molecule has 2 heteroatoms. The molecule has 0 aliphatic heterocycles. The van der Waals surface area contributed by atoms with Crippen molar-refractivity contribution < 1.29 is 4.74 Å². The Morgan fingerprint density at radius 2 is 1.65 bits per heavy atom. The maximum atomic E-state index is 5.69. The van der Waals surface area contributed by atoms with Crippen molar-refractivity contribution in [3.05, 3.63) is 29.8 Å². The summed E-state index contributed by atoms with van der Waals surface area (Å²) in [6, 6.07) is 8.55. The van der Waals surface area contributed by atoms with Crippen molar-refractivity contribution in [1.29, 1.82) is 0 Å². The van der Waals surface area contributed by atoms with Gasteiger partial charge < -0.3 is 10.1 Å². The molecule has 0 aromatic heterocycles. The van der Waals surface area contributed by atoms with E-state index in [9.17, 15) is 0 Å². The molecule has 1 aromatic rings. The molecule has 1 rings (SSSR count). The first-order valence-electron chi connectivity index (χ1n) is 7.79. The molecule has 0 aliphatic carbocycles. The van der Waals surface area contributed by atoms with Gasteiger partial charge in [-0.1, -0.05) is 39.8 Å². The van der Waals surface area contributed by atoms with Gasteiger partial charge in [-0.2, -0.15) is 0 Å². The third kappa shape index (κ3) is 5.96. The van der Waals surface area contributed by atoms with Crippen LogP contribution < -0.4 is 10.1 Å². The highest BCUT2D eigenvalue weighted by molar-refractivity contribution is 5.31. The van der Waals surface area contributed by atoms with Gasteiger partial charge in [0.1, 0.15) is 5.75 Å². The molecule has 0 radical (unpaired) electrons. The summed E-state index contributed by atoms with van der Waals surface area (Å²) in [5.74, 6) is 1.67. The van der Waals surface area contributed by atoms with Crippen LogP contribution in [-0.2, 0) is 5.41 Å². The van der Waals surface area contributed by atoms with Crippen molar-refractivity contribution in [1.82, 2.24) is 5.32 Å². The van der Waals surface area contributed by atoms with Crippen molar-refractivity contribution in [2.75, 3.05) is 13.1 Å². The molecule has 0 aliphatic rings. The second kappa shape index (κ2) is 7.68. The zero-order valence-corrected chi connectivity index (χ0v) is 14.0. The fourth-order valence-corrected chi connectivity index (χ4v) is 2.19. The summed E-state index contributed by atoms with van der Waals surface area (Å²) in [4.78, 5) is 0. The average Bonchev–Trinajstić information content (AvgIpc) is 2.34.